The summed E-state index contributed by atoms with van der Waals surface area (Å²) in [6.45, 7) is 8.92. The van der Waals surface area contributed by atoms with Crippen LogP contribution in [0.25, 0.3) is 11.3 Å². The highest BCUT2D eigenvalue weighted by Crippen LogP contribution is 2.45. The highest BCUT2D eigenvalue weighted by Gasteiger charge is 2.24. The van der Waals surface area contributed by atoms with Gasteiger partial charge in [-0.2, -0.15) is 0 Å². The van der Waals surface area contributed by atoms with Crippen molar-refractivity contribution in [1.82, 2.24) is 14.9 Å². The lowest BCUT2D eigenvalue weighted by Crippen LogP contribution is -2.44. The van der Waals surface area contributed by atoms with Crippen LogP contribution in [-0.2, 0) is 0 Å². The van der Waals surface area contributed by atoms with Crippen LogP contribution in [0.2, 0.25) is 0 Å². The van der Waals surface area contributed by atoms with E-state index in [1.165, 1.54) is 5.69 Å². The Bertz CT molecular complexity index is 1090. The Labute approximate surface area is 187 Å². The number of likely N-dealkylation sites (N-methyl/N-ethyl adjacent to an activating group) is 1. The average Bonchev–Trinajstić information content (AvgIpc) is 2.80. The van der Waals surface area contributed by atoms with Gasteiger partial charge in [0.2, 0.25) is 5.95 Å². The monoisotopic (exact) mass is 430 g/mol. The van der Waals surface area contributed by atoms with E-state index in [-0.39, 0.29) is 0 Å². The molecule has 5 rings (SSSR count). The summed E-state index contributed by atoms with van der Waals surface area (Å²) in [6.07, 6.45) is 3.82. The van der Waals surface area contributed by atoms with Crippen LogP contribution >= 0.6 is 11.9 Å². The molecule has 0 radical (unpaired) electrons. The molecule has 0 spiro atoms. The van der Waals surface area contributed by atoms with Gasteiger partial charge in [0.15, 0.2) is 0 Å². The van der Waals surface area contributed by atoms with E-state index >= 15 is 0 Å². The van der Waals surface area contributed by atoms with Crippen molar-refractivity contribution in [3.8, 4) is 11.3 Å². The predicted octanol–water partition coefficient (Wildman–Crippen LogP) is 4.65. The smallest absolute Gasteiger partial charge is 0.227 e. The molecule has 158 valence electrons. The topological polar surface area (TPSA) is 47.5 Å². The molecule has 1 saturated heterocycles. The Hall–Kier alpha value is -3.03. The molecular formula is C24H26N6S. The molecule has 7 heteroatoms. The van der Waals surface area contributed by atoms with E-state index in [2.05, 4.69) is 86.6 Å². The third-order valence-electron chi connectivity index (χ3n) is 5.66. The van der Waals surface area contributed by atoms with E-state index < -0.39 is 0 Å². The number of benzene rings is 2. The van der Waals surface area contributed by atoms with Crippen molar-refractivity contribution in [1.29, 1.82) is 0 Å². The SMILES string of the molecule is C=CCN1Sc2cnc(Nc3cccc(N4CCN(C)CC4)c3)nc2-c2ccccc21. The fourth-order valence-electron chi connectivity index (χ4n) is 3.98. The predicted molar refractivity (Wildman–Crippen MR) is 130 cm³/mol. The third kappa shape index (κ3) is 4.11. The van der Waals surface area contributed by atoms with Gasteiger partial charge in [0.1, 0.15) is 0 Å². The molecule has 0 amide bonds. The molecule has 2 aliphatic rings. The molecule has 6 nitrogen and oxygen atoms in total. The summed E-state index contributed by atoms with van der Waals surface area (Å²) < 4.78 is 2.22. The van der Waals surface area contributed by atoms with Crippen LogP contribution in [0, 0.1) is 0 Å². The second-order valence-corrected chi connectivity index (χ2v) is 8.89. The zero-order chi connectivity index (χ0) is 21.2. The highest BCUT2D eigenvalue weighted by molar-refractivity contribution is 8.00. The summed E-state index contributed by atoms with van der Waals surface area (Å²) in [5, 5.41) is 3.41. The largest absolute Gasteiger partial charge is 0.369 e. The highest BCUT2D eigenvalue weighted by atomic mass is 32.2. The molecule has 0 saturated carbocycles. The molecule has 3 heterocycles. The normalized spacial score (nSPS) is 15.9. The van der Waals surface area contributed by atoms with Gasteiger partial charge in [0.05, 0.1) is 16.3 Å². The van der Waals surface area contributed by atoms with Gasteiger partial charge in [-0.3, -0.25) is 0 Å². The number of hydrogen-bond acceptors (Lipinski definition) is 7. The first-order valence-electron chi connectivity index (χ1n) is 10.5. The molecule has 1 N–H and O–H groups in total. The van der Waals surface area contributed by atoms with Crippen molar-refractivity contribution in [2.75, 3.05) is 54.3 Å². The molecule has 0 atom stereocenters. The lowest BCUT2D eigenvalue weighted by molar-refractivity contribution is 0.313. The first-order chi connectivity index (χ1) is 15.2. The van der Waals surface area contributed by atoms with Crippen molar-refractivity contribution >= 4 is 35.0 Å². The van der Waals surface area contributed by atoms with Crippen molar-refractivity contribution in [3.63, 3.8) is 0 Å². The van der Waals surface area contributed by atoms with E-state index in [1.807, 2.05) is 12.3 Å². The van der Waals surface area contributed by atoms with Gasteiger partial charge in [-0.1, -0.05) is 30.3 Å². The Morgan fingerprint density at radius 1 is 1.10 bits per heavy atom. The van der Waals surface area contributed by atoms with Crippen LogP contribution in [0.1, 0.15) is 0 Å². The van der Waals surface area contributed by atoms with Crippen molar-refractivity contribution in [3.05, 3.63) is 67.4 Å². The van der Waals surface area contributed by atoms with Crippen LogP contribution in [0.3, 0.4) is 0 Å². The molecule has 1 aromatic heterocycles. The van der Waals surface area contributed by atoms with Gasteiger partial charge < -0.3 is 19.4 Å². The zero-order valence-corrected chi connectivity index (χ0v) is 18.5. The zero-order valence-electron chi connectivity index (χ0n) is 17.7. The number of para-hydroxylation sites is 1. The first-order valence-corrected chi connectivity index (χ1v) is 11.3. The maximum absolute atomic E-state index is 4.88. The summed E-state index contributed by atoms with van der Waals surface area (Å²) in [6, 6.07) is 16.9. The molecule has 31 heavy (non-hydrogen) atoms. The summed E-state index contributed by atoms with van der Waals surface area (Å²) in [5.41, 5.74) is 5.48. The molecule has 1 fully saturated rings. The van der Waals surface area contributed by atoms with Gasteiger partial charge in [-0.05, 0) is 43.3 Å². The summed E-state index contributed by atoms with van der Waals surface area (Å²) in [4.78, 5) is 15.3. The number of fused-ring (bicyclic) bond motifs is 3. The minimum atomic E-state index is 0.613. The lowest BCUT2D eigenvalue weighted by atomic mass is 10.1. The molecule has 2 aliphatic heterocycles. The third-order valence-corrected chi connectivity index (χ3v) is 6.72. The van der Waals surface area contributed by atoms with Crippen LogP contribution in [0.5, 0.6) is 0 Å². The van der Waals surface area contributed by atoms with Crippen molar-refractivity contribution in [2.45, 2.75) is 4.90 Å². The van der Waals surface area contributed by atoms with Gasteiger partial charge in [-0.15, -0.1) is 6.58 Å². The number of rotatable bonds is 5. The molecular weight excluding hydrogens is 404 g/mol. The van der Waals surface area contributed by atoms with Crippen LogP contribution in [-0.4, -0.2) is 54.6 Å². The van der Waals surface area contributed by atoms with Crippen LogP contribution in [0.4, 0.5) is 23.0 Å². The number of hydrogen-bond donors (Lipinski definition) is 1. The quantitative estimate of drug-likeness (QED) is 0.467. The fourth-order valence-corrected chi connectivity index (χ4v) is 4.99. The molecule has 2 aromatic carbocycles. The minimum Gasteiger partial charge on any atom is -0.369 e. The molecule has 3 aromatic rings. The second kappa shape index (κ2) is 8.61. The minimum absolute atomic E-state index is 0.613. The van der Waals surface area contributed by atoms with E-state index in [9.17, 15) is 0 Å². The fraction of sp³-hybridized carbons (Fsp3) is 0.250. The average molecular weight is 431 g/mol. The van der Waals surface area contributed by atoms with E-state index in [1.54, 1.807) is 11.9 Å². The Kier molecular flexibility index (Phi) is 5.53. The van der Waals surface area contributed by atoms with Gasteiger partial charge in [-0.25, -0.2) is 9.97 Å². The van der Waals surface area contributed by atoms with Crippen molar-refractivity contribution < 1.29 is 0 Å². The Balaban J connectivity index is 1.40. The second-order valence-electron chi connectivity index (χ2n) is 7.83. The van der Waals surface area contributed by atoms with Gasteiger partial charge in [0, 0.05) is 55.9 Å². The summed E-state index contributed by atoms with van der Waals surface area (Å²) in [7, 11) is 2.18. The number of piperazine rings is 1. The molecule has 0 aliphatic carbocycles. The number of nitrogens with zero attached hydrogens (tertiary/aromatic N) is 5. The number of nitrogens with one attached hydrogen (secondary N) is 1. The Morgan fingerprint density at radius 2 is 1.94 bits per heavy atom. The van der Waals surface area contributed by atoms with E-state index in [4.69, 9.17) is 4.98 Å². The van der Waals surface area contributed by atoms with Gasteiger partial charge in [0.25, 0.3) is 0 Å². The maximum Gasteiger partial charge on any atom is 0.227 e. The van der Waals surface area contributed by atoms with Gasteiger partial charge >= 0.3 is 0 Å². The molecule has 0 unspecified atom stereocenters. The van der Waals surface area contributed by atoms with Crippen LogP contribution in [0.15, 0.2) is 72.3 Å². The Morgan fingerprint density at radius 3 is 2.77 bits per heavy atom. The maximum atomic E-state index is 4.88. The summed E-state index contributed by atoms with van der Waals surface area (Å²) in [5.74, 6) is 0.613. The summed E-state index contributed by atoms with van der Waals surface area (Å²) >= 11 is 1.66. The number of anilines is 4. The van der Waals surface area contributed by atoms with E-state index in [0.717, 1.165) is 60.3 Å². The standard InChI is InChI=1S/C24H26N6S/c1-3-11-30-21-10-5-4-9-20(21)23-22(31-30)17-25-24(27-23)26-18-7-6-8-19(16-18)29-14-12-28(2)13-15-29/h3-10,16-17H,1,11-15H2,2H3,(H,25,26,27). The molecule has 0 bridgehead atoms. The van der Waals surface area contributed by atoms with Crippen molar-refractivity contribution in [2.24, 2.45) is 0 Å². The lowest BCUT2D eigenvalue weighted by Gasteiger charge is -2.34. The first kappa shape index (κ1) is 19.9. The van der Waals surface area contributed by atoms with Crippen LogP contribution < -0.4 is 14.5 Å². The van der Waals surface area contributed by atoms with E-state index in [0.29, 0.717) is 5.95 Å². The number of aromatic nitrogens is 2.